The summed E-state index contributed by atoms with van der Waals surface area (Å²) in [4.78, 5) is 43.8. The van der Waals surface area contributed by atoms with Gasteiger partial charge in [0.05, 0.1) is 35.7 Å². The molecule has 0 amide bonds. The molecule has 0 aliphatic heterocycles. The van der Waals surface area contributed by atoms with Gasteiger partial charge in [0.25, 0.3) is 0 Å². The molecule has 3 rings (SSSR count). The molecule has 0 aliphatic rings. The molecule has 0 atom stereocenters. The fourth-order valence-electron chi connectivity index (χ4n) is 2.23. The monoisotopic (exact) mass is 476 g/mol. The second kappa shape index (κ2) is 11.7. The van der Waals surface area contributed by atoms with Crippen LogP contribution in [0.3, 0.4) is 0 Å². The molecule has 12 nitrogen and oxygen atoms in total. The van der Waals surface area contributed by atoms with Gasteiger partial charge in [-0.1, -0.05) is 0 Å². The van der Waals surface area contributed by atoms with E-state index >= 15 is 0 Å². The van der Waals surface area contributed by atoms with Crippen molar-refractivity contribution >= 4 is 0 Å². The average Bonchev–Trinajstić information content (AvgIpc) is 2.63. The van der Waals surface area contributed by atoms with Crippen LogP contribution in [0.25, 0.3) is 0 Å². The molecule has 0 fully saturated rings. The molecule has 0 bridgehead atoms. The van der Waals surface area contributed by atoms with E-state index in [9.17, 15) is 14.4 Å². The summed E-state index contributed by atoms with van der Waals surface area (Å²) in [5.41, 5.74) is 1.40. The van der Waals surface area contributed by atoms with Gasteiger partial charge in [0, 0.05) is 0 Å². The molecule has 3 N–H and O–H groups in total. The number of nitrogens with zero attached hydrogens (tertiary/aromatic N) is 6. The molecule has 13 heteroatoms. The first kappa shape index (κ1) is 27.6. The topological polar surface area (TPSA) is 165 Å². The Morgan fingerprint density at radius 1 is 0.548 bits per heavy atom. The molecule has 167 valence electrons. The Morgan fingerprint density at radius 2 is 0.742 bits per heavy atom. The zero-order valence-corrected chi connectivity index (χ0v) is 18.9. The van der Waals surface area contributed by atoms with Gasteiger partial charge in [-0.3, -0.25) is 29.3 Å². The van der Waals surface area contributed by atoms with Gasteiger partial charge in [0.15, 0.2) is 0 Å². The van der Waals surface area contributed by atoms with Crippen molar-refractivity contribution in [2.45, 2.75) is 41.5 Å². The molecule has 0 spiro atoms. The number of hydrogen-bond donors (Lipinski definition) is 3. The smallest absolute Gasteiger partial charge is 0.425 e. The van der Waals surface area contributed by atoms with Crippen LogP contribution < -0.4 is 16.7 Å². The minimum Gasteiger partial charge on any atom is -0.425 e. The van der Waals surface area contributed by atoms with E-state index in [4.69, 9.17) is 15.6 Å². The standard InChI is InChI=1S/3C6H8N2O2.Fe/c3*1-4-3-8(10)6(9)5(2)7-4;/h3*3,10H,1-2H3;/q;;;+3. The third-order valence-electron chi connectivity index (χ3n) is 3.51. The minimum absolute atomic E-state index is 0. The summed E-state index contributed by atoms with van der Waals surface area (Å²) >= 11 is 0. The normalized spacial score (nSPS) is 9.48. The van der Waals surface area contributed by atoms with Crippen LogP contribution in [-0.2, 0) is 17.1 Å². The Morgan fingerprint density at radius 3 is 0.903 bits per heavy atom. The second-order valence-corrected chi connectivity index (χ2v) is 6.35. The van der Waals surface area contributed by atoms with E-state index < -0.39 is 16.7 Å². The Kier molecular flexibility index (Phi) is 10.4. The summed E-state index contributed by atoms with van der Waals surface area (Å²) < 4.78 is 1.62. The molecule has 0 saturated carbocycles. The van der Waals surface area contributed by atoms with Crippen LogP contribution in [0.5, 0.6) is 0 Å². The van der Waals surface area contributed by atoms with Crippen molar-refractivity contribution in [1.29, 1.82) is 0 Å². The van der Waals surface area contributed by atoms with Crippen LogP contribution in [0.1, 0.15) is 34.2 Å². The molecule has 3 aromatic heterocycles. The maximum atomic E-state index is 10.8. The van der Waals surface area contributed by atoms with Gasteiger partial charge in [-0.05, 0) is 41.5 Å². The molecule has 0 aliphatic carbocycles. The third-order valence-corrected chi connectivity index (χ3v) is 3.51. The average molecular weight is 476 g/mol. The van der Waals surface area contributed by atoms with E-state index in [0.29, 0.717) is 48.4 Å². The van der Waals surface area contributed by atoms with Crippen LogP contribution in [0.15, 0.2) is 33.0 Å². The Hall–Kier alpha value is -3.44. The van der Waals surface area contributed by atoms with E-state index in [1.165, 1.54) is 18.6 Å². The molecule has 31 heavy (non-hydrogen) atoms. The van der Waals surface area contributed by atoms with Crippen LogP contribution >= 0.6 is 0 Å². The number of hydrogen-bond acceptors (Lipinski definition) is 9. The Balaban J connectivity index is 0.000000429. The molecule has 1 radical (unpaired) electrons. The van der Waals surface area contributed by atoms with E-state index in [0.717, 1.165) is 0 Å². The Labute approximate surface area is 187 Å². The molecule has 0 saturated heterocycles. The predicted octanol–water partition coefficient (Wildman–Crippen LogP) is 0.290. The first-order chi connectivity index (χ1) is 13.8. The van der Waals surface area contributed by atoms with Crippen LogP contribution in [0.2, 0.25) is 0 Å². The fourth-order valence-corrected chi connectivity index (χ4v) is 2.23. The maximum Gasteiger partial charge on any atom is 3.00 e. The fraction of sp³-hybridized carbons (Fsp3) is 0.333. The molecule has 3 heterocycles. The van der Waals surface area contributed by atoms with Crippen molar-refractivity contribution in [3.8, 4) is 0 Å². The van der Waals surface area contributed by atoms with E-state index in [1.807, 2.05) is 0 Å². The van der Waals surface area contributed by atoms with Crippen LogP contribution in [0, 0.1) is 41.5 Å². The van der Waals surface area contributed by atoms with Gasteiger partial charge in [-0.25, -0.2) is 0 Å². The van der Waals surface area contributed by atoms with Crippen LogP contribution in [-0.4, -0.2) is 44.8 Å². The van der Waals surface area contributed by atoms with Gasteiger partial charge in [-0.15, -0.1) is 0 Å². The summed E-state index contributed by atoms with van der Waals surface area (Å²) in [6.07, 6.45) is 3.82. The van der Waals surface area contributed by atoms with Crippen molar-refractivity contribution in [3.05, 3.63) is 83.8 Å². The third kappa shape index (κ3) is 8.07. The van der Waals surface area contributed by atoms with Crippen molar-refractivity contribution in [3.63, 3.8) is 0 Å². The minimum atomic E-state index is -0.467. The number of aryl methyl sites for hydroxylation is 6. The largest absolute Gasteiger partial charge is 3.00 e. The zero-order chi connectivity index (χ0) is 23.2. The SMILES string of the molecule is Cc1cn(O)c(=O)c(C)n1.Cc1cn(O)c(=O)c(C)n1.Cc1cn(O)c(=O)c(C)n1.[Fe+3]. The summed E-state index contributed by atoms with van der Waals surface area (Å²) in [5, 5.41) is 26.5. The van der Waals surface area contributed by atoms with Gasteiger partial charge in [0.2, 0.25) is 0 Å². The predicted molar refractivity (Wildman–Crippen MR) is 105 cm³/mol. The summed E-state index contributed by atoms with van der Waals surface area (Å²) in [7, 11) is 0. The first-order valence-corrected chi connectivity index (χ1v) is 8.62. The molecular formula is C18H24FeN6O6+3. The maximum absolute atomic E-state index is 10.8. The first-order valence-electron chi connectivity index (χ1n) is 8.62. The number of aromatic nitrogens is 6. The summed E-state index contributed by atoms with van der Waals surface area (Å²) in [6.45, 7) is 9.80. The van der Waals surface area contributed by atoms with Crippen molar-refractivity contribution < 1.29 is 32.7 Å². The van der Waals surface area contributed by atoms with Gasteiger partial charge in [0.1, 0.15) is 17.1 Å². The zero-order valence-electron chi connectivity index (χ0n) is 17.8. The van der Waals surface area contributed by atoms with E-state index in [-0.39, 0.29) is 17.1 Å². The van der Waals surface area contributed by atoms with E-state index in [1.54, 1.807) is 41.5 Å². The van der Waals surface area contributed by atoms with Crippen molar-refractivity contribution in [2.75, 3.05) is 0 Å². The molecule has 0 aromatic carbocycles. The summed E-state index contributed by atoms with van der Waals surface area (Å²) in [5.74, 6) is 0. The quantitative estimate of drug-likeness (QED) is 0.305. The number of rotatable bonds is 0. The molecule has 3 aromatic rings. The van der Waals surface area contributed by atoms with Gasteiger partial charge in [-0.2, -0.15) is 14.2 Å². The van der Waals surface area contributed by atoms with Crippen LogP contribution in [0.4, 0.5) is 0 Å². The molecular weight excluding hydrogens is 452 g/mol. The van der Waals surface area contributed by atoms with E-state index in [2.05, 4.69) is 15.0 Å². The second-order valence-electron chi connectivity index (χ2n) is 6.35. The Bertz CT molecular complexity index is 988. The van der Waals surface area contributed by atoms with Gasteiger partial charge >= 0.3 is 33.7 Å². The van der Waals surface area contributed by atoms with Crippen molar-refractivity contribution in [2.24, 2.45) is 0 Å². The molecule has 0 unspecified atom stereocenters. The van der Waals surface area contributed by atoms with Crippen molar-refractivity contribution in [1.82, 2.24) is 29.1 Å². The van der Waals surface area contributed by atoms with Gasteiger partial charge < -0.3 is 15.6 Å². The summed E-state index contributed by atoms with van der Waals surface area (Å²) in [6, 6.07) is 0.